The maximum absolute atomic E-state index is 9.50. The normalized spacial score (nSPS) is 14.5. The van der Waals surface area contributed by atoms with Crippen molar-refractivity contribution in [3.8, 4) is 11.8 Å². The molecule has 0 fully saturated rings. The van der Waals surface area contributed by atoms with Crippen molar-refractivity contribution < 1.29 is 9.84 Å². The number of benzene rings is 1. The van der Waals surface area contributed by atoms with Crippen LogP contribution in [0, 0.1) is 6.92 Å². The number of aliphatic imine (C=N–C) groups is 1. The van der Waals surface area contributed by atoms with Crippen molar-refractivity contribution in [2.45, 2.75) is 19.8 Å². The second-order valence-electron chi connectivity index (χ2n) is 5.79. The van der Waals surface area contributed by atoms with Gasteiger partial charge in [-0.25, -0.2) is 9.98 Å². The molecule has 1 heterocycles. The number of nitrogens with one attached hydrogen (secondary N) is 1. The highest BCUT2D eigenvalue weighted by Crippen LogP contribution is 2.27. The summed E-state index contributed by atoms with van der Waals surface area (Å²) in [4.78, 5) is 12.4. The highest BCUT2D eigenvalue weighted by molar-refractivity contribution is 6.30. The molecule has 2 N–H and O–H groups in total. The van der Waals surface area contributed by atoms with Crippen LogP contribution in [0.5, 0.6) is 11.8 Å². The van der Waals surface area contributed by atoms with Crippen molar-refractivity contribution in [2.75, 3.05) is 12.4 Å². The van der Waals surface area contributed by atoms with E-state index in [2.05, 4.69) is 15.3 Å². The molecule has 0 bridgehead atoms. The SMILES string of the molecule is COc1ccc(/N=C(\Nc2ccnc(O)n2)C2=CC=C(Cl)CC2)c(C)c1. The first kappa shape index (κ1) is 17.9. The van der Waals surface area contributed by atoms with Gasteiger partial charge in [-0.2, -0.15) is 4.98 Å². The summed E-state index contributed by atoms with van der Waals surface area (Å²) in [7, 11) is 1.63. The van der Waals surface area contributed by atoms with Crippen LogP contribution in [0.15, 0.2) is 58.2 Å². The van der Waals surface area contributed by atoms with E-state index in [1.54, 1.807) is 13.2 Å². The maximum atomic E-state index is 9.50. The minimum atomic E-state index is -0.296. The van der Waals surface area contributed by atoms with Gasteiger partial charge in [-0.3, -0.25) is 0 Å². The summed E-state index contributed by atoms with van der Waals surface area (Å²) in [6.45, 7) is 1.97. The molecule has 1 aliphatic rings. The summed E-state index contributed by atoms with van der Waals surface area (Å²) >= 11 is 6.08. The number of hydrogen-bond acceptors (Lipinski definition) is 5. The number of amidine groups is 1. The van der Waals surface area contributed by atoms with E-state index in [4.69, 9.17) is 21.3 Å². The largest absolute Gasteiger partial charge is 0.497 e. The van der Waals surface area contributed by atoms with Crippen molar-refractivity contribution in [3.63, 3.8) is 0 Å². The van der Waals surface area contributed by atoms with Gasteiger partial charge in [0.2, 0.25) is 0 Å². The van der Waals surface area contributed by atoms with E-state index in [0.29, 0.717) is 11.7 Å². The number of nitrogens with zero attached hydrogens (tertiary/aromatic N) is 3. The molecule has 0 spiro atoms. The predicted molar refractivity (Wildman–Crippen MR) is 103 cm³/mol. The Morgan fingerprint density at radius 1 is 1.27 bits per heavy atom. The summed E-state index contributed by atoms with van der Waals surface area (Å²) < 4.78 is 5.25. The van der Waals surface area contributed by atoms with Crippen LogP contribution in [-0.2, 0) is 0 Å². The van der Waals surface area contributed by atoms with E-state index in [0.717, 1.165) is 40.4 Å². The molecular weight excluding hydrogens is 352 g/mol. The first-order valence-electron chi connectivity index (χ1n) is 8.13. The number of aromatic hydroxyl groups is 1. The predicted octanol–water partition coefficient (Wildman–Crippen LogP) is 4.48. The fraction of sp³-hybridized carbons (Fsp3) is 0.211. The van der Waals surface area contributed by atoms with Crippen LogP contribution in [0.3, 0.4) is 0 Å². The van der Waals surface area contributed by atoms with Gasteiger partial charge >= 0.3 is 6.01 Å². The zero-order valence-electron chi connectivity index (χ0n) is 14.5. The van der Waals surface area contributed by atoms with Gasteiger partial charge in [-0.05, 0) is 61.2 Å². The second kappa shape index (κ2) is 8.01. The van der Waals surface area contributed by atoms with Gasteiger partial charge in [0.25, 0.3) is 0 Å². The minimum Gasteiger partial charge on any atom is -0.497 e. The van der Waals surface area contributed by atoms with Gasteiger partial charge in [-0.15, -0.1) is 0 Å². The molecule has 6 nitrogen and oxygen atoms in total. The molecular formula is C19H19ClN4O2. The number of halogens is 1. The topological polar surface area (TPSA) is 79.6 Å². The summed E-state index contributed by atoms with van der Waals surface area (Å²) in [6.07, 6.45) is 6.80. The highest BCUT2D eigenvalue weighted by Gasteiger charge is 2.13. The van der Waals surface area contributed by atoms with Crippen molar-refractivity contribution in [1.29, 1.82) is 0 Å². The van der Waals surface area contributed by atoms with Gasteiger partial charge in [0.1, 0.15) is 17.4 Å². The third-order valence-electron chi connectivity index (χ3n) is 3.93. The zero-order chi connectivity index (χ0) is 18.5. The maximum Gasteiger partial charge on any atom is 0.315 e. The van der Waals surface area contributed by atoms with Crippen molar-refractivity contribution in [2.24, 2.45) is 4.99 Å². The van der Waals surface area contributed by atoms with Gasteiger partial charge in [0, 0.05) is 11.2 Å². The Labute approximate surface area is 156 Å². The fourth-order valence-corrected chi connectivity index (χ4v) is 2.69. The lowest BCUT2D eigenvalue weighted by Gasteiger charge is -2.16. The van der Waals surface area contributed by atoms with E-state index >= 15 is 0 Å². The first-order chi connectivity index (χ1) is 12.5. The van der Waals surface area contributed by atoms with Gasteiger partial charge in [0.05, 0.1) is 12.8 Å². The second-order valence-corrected chi connectivity index (χ2v) is 6.27. The third kappa shape index (κ3) is 4.40. The van der Waals surface area contributed by atoms with Crippen molar-refractivity contribution in [3.05, 3.63) is 58.8 Å². The quantitative estimate of drug-likeness (QED) is 0.612. The molecule has 2 aromatic rings. The Morgan fingerprint density at radius 2 is 2.12 bits per heavy atom. The van der Waals surface area contributed by atoms with Crippen LogP contribution in [-0.4, -0.2) is 28.0 Å². The molecule has 0 amide bonds. The molecule has 0 saturated carbocycles. The van der Waals surface area contributed by atoms with E-state index in [1.165, 1.54) is 6.20 Å². The van der Waals surface area contributed by atoms with E-state index in [9.17, 15) is 5.11 Å². The van der Waals surface area contributed by atoms with E-state index < -0.39 is 0 Å². The molecule has 0 aliphatic heterocycles. The summed E-state index contributed by atoms with van der Waals surface area (Å²) in [5, 5.41) is 13.5. The van der Waals surface area contributed by atoms with E-state index in [1.807, 2.05) is 37.3 Å². The van der Waals surface area contributed by atoms with Gasteiger partial charge < -0.3 is 15.2 Å². The molecule has 7 heteroatoms. The van der Waals surface area contributed by atoms with Crippen LogP contribution >= 0.6 is 11.6 Å². The first-order valence-corrected chi connectivity index (χ1v) is 8.51. The Morgan fingerprint density at radius 3 is 2.77 bits per heavy atom. The molecule has 0 unspecified atom stereocenters. The Hall–Kier alpha value is -2.86. The molecule has 1 aliphatic carbocycles. The molecule has 0 atom stereocenters. The summed E-state index contributed by atoms with van der Waals surface area (Å²) in [5.41, 5.74) is 2.80. The lowest BCUT2D eigenvalue weighted by Crippen LogP contribution is -2.17. The molecule has 1 aromatic carbocycles. The number of anilines is 1. The Bertz CT molecular complexity index is 906. The van der Waals surface area contributed by atoms with Crippen LogP contribution in [0.2, 0.25) is 0 Å². The smallest absolute Gasteiger partial charge is 0.315 e. The number of hydrogen-bond donors (Lipinski definition) is 2. The number of aromatic nitrogens is 2. The standard InChI is InChI=1S/C19H19ClN4O2/c1-12-11-15(26-2)7-8-16(12)22-18(13-3-5-14(20)6-4-13)23-17-9-10-21-19(25)24-17/h3,5,7-11H,4,6H2,1-2H3,(H2,21,22,23,24,25). The van der Waals surface area contributed by atoms with E-state index in [-0.39, 0.29) is 6.01 Å². The number of rotatable bonds is 4. The number of allylic oxidation sites excluding steroid dienone is 3. The monoisotopic (exact) mass is 370 g/mol. The number of ether oxygens (including phenoxy) is 1. The Balaban J connectivity index is 2.00. The van der Waals surface area contributed by atoms with Crippen LogP contribution in [0.1, 0.15) is 18.4 Å². The molecule has 134 valence electrons. The Kier molecular flexibility index (Phi) is 5.53. The minimum absolute atomic E-state index is 0.296. The van der Waals surface area contributed by atoms with Crippen LogP contribution in [0.4, 0.5) is 11.5 Å². The van der Waals surface area contributed by atoms with Crippen molar-refractivity contribution >= 4 is 28.9 Å². The van der Waals surface area contributed by atoms with Gasteiger partial charge in [-0.1, -0.05) is 17.7 Å². The summed E-state index contributed by atoms with van der Waals surface area (Å²) in [5.74, 6) is 1.89. The zero-order valence-corrected chi connectivity index (χ0v) is 15.3. The molecule has 1 aromatic heterocycles. The third-order valence-corrected chi connectivity index (χ3v) is 4.24. The van der Waals surface area contributed by atoms with Crippen LogP contribution < -0.4 is 10.1 Å². The average molecular weight is 371 g/mol. The lowest BCUT2D eigenvalue weighted by atomic mass is 10.0. The lowest BCUT2D eigenvalue weighted by molar-refractivity contribution is 0.414. The average Bonchev–Trinajstić information content (AvgIpc) is 2.63. The number of aryl methyl sites for hydroxylation is 1. The number of methoxy groups -OCH3 is 1. The van der Waals surface area contributed by atoms with Crippen molar-refractivity contribution in [1.82, 2.24) is 9.97 Å². The van der Waals surface area contributed by atoms with Crippen LogP contribution in [0.25, 0.3) is 0 Å². The molecule has 0 radical (unpaired) electrons. The molecule has 3 rings (SSSR count). The summed E-state index contributed by atoms with van der Waals surface area (Å²) in [6, 6.07) is 7.07. The molecule has 26 heavy (non-hydrogen) atoms. The highest BCUT2D eigenvalue weighted by atomic mass is 35.5. The molecule has 0 saturated heterocycles. The fourth-order valence-electron chi connectivity index (χ4n) is 2.53. The van der Waals surface area contributed by atoms with Gasteiger partial charge in [0.15, 0.2) is 0 Å².